The van der Waals surface area contributed by atoms with E-state index >= 15 is 0 Å². The molecule has 0 saturated heterocycles. The minimum atomic E-state index is -0.584. The Labute approximate surface area is 115 Å². The van der Waals surface area contributed by atoms with Crippen molar-refractivity contribution in [3.8, 4) is 0 Å². The van der Waals surface area contributed by atoms with Crippen LogP contribution in [0.15, 0.2) is 0 Å². The first kappa shape index (κ1) is 14.5. The van der Waals surface area contributed by atoms with Crippen molar-refractivity contribution in [3.63, 3.8) is 0 Å². The monoisotopic (exact) mass is 271 g/mol. The summed E-state index contributed by atoms with van der Waals surface area (Å²) < 4.78 is 11.9. The van der Waals surface area contributed by atoms with Crippen molar-refractivity contribution in [2.45, 2.75) is 88.5 Å². The largest absolute Gasteiger partial charge is 0.311 e. The van der Waals surface area contributed by atoms with Gasteiger partial charge in [-0.15, -0.1) is 0 Å². The first-order valence-corrected chi connectivity index (χ1v) is 9.31. The van der Waals surface area contributed by atoms with Crippen LogP contribution in [0, 0.1) is 0 Å². The van der Waals surface area contributed by atoms with Crippen LogP contribution in [0.1, 0.15) is 71.1 Å². The van der Waals surface area contributed by atoms with E-state index in [4.69, 9.17) is 0 Å². The Morgan fingerprint density at radius 2 is 1.61 bits per heavy atom. The zero-order valence-electron chi connectivity index (χ0n) is 11.8. The van der Waals surface area contributed by atoms with Crippen molar-refractivity contribution in [3.05, 3.63) is 0 Å². The van der Waals surface area contributed by atoms with E-state index in [1.54, 1.807) is 0 Å². The van der Waals surface area contributed by atoms with Gasteiger partial charge in [0.2, 0.25) is 0 Å². The van der Waals surface area contributed by atoms with Crippen LogP contribution in [-0.2, 0) is 10.8 Å². The highest BCUT2D eigenvalue weighted by molar-refractivity contribution is 7.85. The molecule has 2 fully saturated rings. The maximum atomic E-state index is 11.9. The molecular weight excluding hydrogens is 242 g/mol. The first-order chi connectivity index (χ1) is 8.79. The molecule has 2 rings (SSSR count). The van der Waals surface area contributed by atoms with Gasteiger partial charge in [-0.05, 0) is 32.1 Å². The van der Waals surface area contributed by atoms with Crippen LogP contribution in [0.25, 0.3) is 0 Å². The van der Waals surface area contributed by atoms with Crippen molar-refractivity contribution < 1.29 is 4.21 Å². The fourth-order valence-corrected chi connectivity index (χ4v) is 4.90. The summed E-state index contributed by atoms with van der Waals surface area (Å²) >= 11 is 0. The third-order valence-electron chi connectivity index (χ3n) is 4.61. The maximum absolute atomic E-state index is 11.9. The highest BCUT2D eigenvalue weighted by atomic mass is 32.2. The van der Waals surface area contributed by atoms with Gasteiger partial charge in [0.25, 0.3) is 0 Å². The van der Waals surface area contributed by atoms with E-state index in [9.17, 15) is 4.21 Å². The molecular formula is C15H29NOS. The van der Waals surface area contributed by atoms with Gasteiger partial charge in [-0.3, -0.25) is 4.21 Å². The van der Waals surface area contributed by atoms with E-state index in [0.717, 1.165) is 18.2 Å². The van der Waals surface area contributed by atoms with Crippen LogP contribution in [0.3, 0.4) is 0 Å². The van der Waals surface area contributed by atoms with Crippen molar-refractivity contribution in [1.82, 2.24) is 5.32 Å². The Balaban J connectivity index is 1.79. The van der Waals surface area contributed by atoms with Crippen molar-refractivity contribution in [2.75, 3.05) is 5.75 Å². The lowest BCUT2D eigenvalue weighted by Crippen LogP contribution is -2.43. The average Bonchev–Trinajstić information content (AvgIpc) is 2.67. The van der Waals surface area contributed by atoms with Gasteiger partial charge in [0.05, 0.1) is 0 Å². The van der Waals surface area contributed by atoms with Crippen LogP contribution in [0.4, 0.5) is 0 Å². The standard InChI is InChI=1S/C15H29NOS/c1-2-18(17)15-11-7-10-14(12-15)16-13-8-5-3-4-6-9-13/h13-16H,2-12H2,1H3. The molecule has 0 aromatic heterocycles. The summed E-state index contributed by atoms with van der Waals surface area (Å²) in [6.45, 7) is 2.05. The molecule has 1 N–H and O–H groups in total. The lowest BCUT2D eigenvalue weighted by Gasteiger charge is -2.32. The summed E-state index contributed by atoms with van der Waals surface area (Å²) in [5.74, 6) is 0.834. The summed E-state index contributed by atoms with van der Waals surface area (Å²) in [6.07, 6.45) is 13.3. The predicted molar refractivity (Wildman–Crippen MR) is 79.4 cm³/mol. The molecule has 3 unspecified atom stereocenters. The number of nitrogens with one attached hydrogen (secondary N) is 1. The van der Waals surface area contributed by atoms with Gasteiger partial charge in [0, 0.05) is 33.9 Å². The highest BCUT2D eigenvalue weighted by Gasteiger charge is 2.27. The summed E-state index contributed by atoms with van der Waals surface area (Å²) in [6, 6.07) is 1.38. The minimum Gasteiger partial charge on any atom is -0.311 e. The Kier molecular flexibility index (Phi) is 6.16. The van der Waals surface area contributed by atoms with Gasteiger partial charge in [0.15, 0.2) is 0 Å². The lowest BCUT2D eigenvalue weighted by atomic mass is 9.93. The van der Waals surface area contributed by atoms with Crippen LogP contribution < -0.4 is 5.32 Å². The summed E-state index contributed by atoms with van der Waals surface area (Å²) in [5, 5.41) is 4.34. The topological polar surface area (TPSA) is 29.1 Å². The molecule has 0 spiro atoms. The molecule has 18 heavy (non-hydrogen) atoms. The molecule has 2 saturated carbocycles. The molecule has 2 nitrogen and oxygen atoms in total. The van der Waals surface area contributed by atoms with Crippen LogP contribution in [0.5, 0.6) is 0 Å². The van der Waals surface area contributed by atoms with Crippen molar-refractivity contribution in [2.24, 2.45) is 0 Å². The third-order valence-corrected chi connectivity index (χ3v) is 6.35. The Bertz CT molecular complexity index is 261. The lowest BCUT2D eigenvalue weighted by molar-refractivity contribution is 0.323. The van der Waals surface area contributed by atoms with Gasteiger partial charge in [-0.2, -0.15) is 0 Å². The molecule has 2 aliphatic rings. The van der Waals surface area contributed by atoms with Gasteiger partial charge < -0.3 is 5.32 Å². The molecule has 0 heterocycles. The second-order valence-corrected chi connectivity index (χ2v) is 8.02. The molecule has 0 bridgehead atoms. The Morgan fingerprint density at radius 3 is 2.28 bits per heavy atom. The minimum absolute atomic E-state index is 0.465. The van der Waals surface area contributed by atoms with Crippen molar-refractivity contribution in [1.29, 1.82) is 0 Å². The van der Waals surface area contributed by atoms with E-state index in [1.165, 1.54) is 57.8 Å². The highest BCUT2D eigenvalue weighted by Crippen LogP contribution is 2.25. The summed E-state index contributed by atoms with van der Waals surface area (Å²) in [4.78, 5) is 0. The number of hydrogen-bond donors (Lipinski definition) is 1. The molecule has 3 atom stereocenters. The van der Waals surface area contributed by atoms with Crippen LogP contribution >= 0.6 is 0 Å². The fraction of sp³-hybridized carbons (Fsp3) is 1.00. The fourth-order valence-electron chi connectivity index (χ4n) is 3.55. The molecule has 3 heteroatoms. The number of rotatable bonds is 4. The summed E-state index contributed by atoms with van der Waals surface area (Å²) in [5.41, 5.74) is 0. The van der Waals surface area contributed by atoms with Crippen LogP contribution in [-0.4, -0.2) is 27.3 Å². The molecule has 2 aliphatic carbocycles. The first-order valence-electron chi connectivity index (χ1n) is 7.92. The Hall–Kier alpha value is 0.110. The number of hydrogen-bond acceptors (Lipinski definition) is 2. The molecule has 106 valence electrons. The van der Waals surface area contributed by atoms with Gasteiger partial charge >= 0.3 is 0 Å². The molecule has 0 radical (unpaired) electrons. The second kappa shape index (κ2) is 7.64. The normalized spacial score (nSPS) is 32.9. The zero-order chi connectivity index (χ0) is 12.8. The molecule has 0 aliphatic heterocycles. The smallest absolute Gasteiger partial charge is 0.0362 e. The van der Waals surface area contributed by atoms with E-state index in [2.05, 4.69) is 12.2 Å². The zero-order valence-corrected chi connectivity index (χ0v) is 12.6. The van der Waals surface area contributed by atoms with Crippen LogP contribution in [0.2, 0.25) is 0 Å². The second-order valence-electron chi connectivity index (χ2n) is 6.01. The van der Waals surface area contributed by atoms with Gasteiger partial charge in [0.1, 0.15) is 0 Å². The average molecular weight is 271 g/mol. The van der Waals surface area contributed by atoms with E-state index in [1.807, 2.05) is 0 Å². The third kappa shape index (κ3) is 4.34. The van der Waals surface area contributed by atoms with E-state index < -0.39 is 10.8 Å². The van der Waals surface area contributed by atoms with Gasteiger partial charge in [-0.25, -0.2) is 0 Å². The maximum Gasteiger partial charge on any atom is 0.0362 e. The molecule has 0 amide bonds. The SMILES string of the molecule is CCS(=O)C1CCCC(NC2CCCCCC2)C1. The van der Waals surface area contributed by atoms with Crippen molar-refractivity contribution >= 4 is 10.8 Å². The van der Waals surface area contributed by atoms with E-state index in [0.29, 0.717) is 11.3 Å². The quantitative estimate of drug-likeness (QED) is 0.794. The molecule has 0 aromatic carbocycles. The van der Waals surface area contributed by atoms with Gasteiger partial charge in [-0.1, -0.05) is 39.0 Å². The Morgan fingerprint density at radius 1 is 0.944 bits per heavy atom. The predicted octanol–water partition coefficient (Wildman–Crippen LogP) is 3.38. The molecule has 0 aromatic rings. The van der Waals surface area contributed by atoms with E-state index in [-0.39, 0.29) is 0 Å². The summed E-state index contributed by atoms with van der Waals surface area (Å²) in [7, 11) is -0.584.